The van der Waals surface area contributed by atoms with E-state index < -0.39 is 33.4 Å². The Labute approximate surface area is 203 Å². The largest absolute Gasteiger partial charge is 0.348 e. The average Bonchev–Trinajstić information content (AvgIpc) is 3.40. The van der Waals surface area contributed by atoms with E-state index in [-0.39, 0.29) is 24.4 Å². The topological polar surface area (TPSA) is 102 Å². The van der Waals surface area contributed by atoms with Gasteiger partial charge in [0.2, 0.25) is 5.82 Å². The van der Waals surface area contributed by atoms with Gasteiger partial charge in [0.25, 0.3) is 0 Å². The number of ketones is 1. The molecular formula is C25H33FN2O7. The van der Waals surface area contributed by atoms with Crippen molar-refractivity contribution in [2.45, 2.75) is 90.1 Å². The summed E-state index contributed by atoms with van der Waals surface area (Å²) in [6.45, 7) is 12.0. The molecule has 0 radical (unpaired) electrons. The minimum atomic E-state index is -0.950. The summed E-state index contributed by atoms with van der Waals surface area (Å²) in [5, 5.41) is 11.8. The zero-order valence-electron chi connectivity index (χ0n) is 21.1. The predicted molar refractivity (Wildman–Crippen MR) is 126 cm³/mol. The van der Waals surface area contributed by atoms with E-state index in [4.69, 9.17) is 18.9 Å². The average molecular weight is 493 g/mol. The molecule has 35 heavy (non-hydrogen) atoms. The number of hydrogen-bond acceptors (Lipinski definition) is 7. The molecule has 10 heteroatoms. The number of Topliss-reactive ketones (excluding diaryl/α,β-unsaturated/α-hetero) is 1. The first-order chi connectivity index (χ1) is 16.2. The van der Waals surface area contributed by atoms with E-state index in [2.05, 4.69) is 0 Å². The number of ether oxygens (including phenoxy) is 4. The van der Waals surface area contributed by atoms with E-state index >= 15 is 0 Å². The minimum absolute atomic E-state index is 0.0197. The molecule has 0 amide bonds. The fraction of sp³-hybridized carbons (Fsp3) is 0.640. The molecule has 1 aromatic heterocycles. The first-order valence-electron chi connectivity index (χ1n) is 11.8. The Hall–Kier alpha value is -2.40. The lowest BCUT2D eigenvalue weighted by atomic mass is 9.82. The third-order valence-electron chi connectivity index (χ3n) is 6.72. The molecule has 2 aliphatic heterocycles. The van der Waals surface area contributed by atoms with Gasteiger partial charge in [-0.3, -0.25) is 14.9 Å². The number of carbonyl (C=O) groups is 1. The van der Waals surface area contributed by atoms with Crippen LogP contribution in [0.15, 0.2) is 18.2 Å². The standard InChI is InChI=1S/C25H33FN2O7/c1-23(2,22(29)8-7-16-13-32-24(3,4)34-16)21-10-15-9-20(28(30)31)18(26)11-19(15)27(21)12-17-14-33-25(5,6)35-17/h9-11,16-17H,7-8,12-14H2,1-6H3/t16-,17-/m1/s1. The van der Waals surface area contributed by atoms with E-state index in [9.17, 15) is 19.3 Å². The molecule has 0 unspecified atom stereocenters. The molecule has 0 N–H and O–H groups in total. The summed E-state index contributed by atoms with van der Waals surface area (Å²) < 4.78 is 39.5. The van der Waals surface area contributed by atoms with Crippen LogP contribution in [0.2, 0.25) is 0 Å². The van der Waals surface area contributed by atoms with Gasteiger partial charge in [-0.25, -0.2) is 0 Å². The van der Waals surface area contributed by atoms with Crippen LogP contribution in [-0.2, 0) is 35.7 Å². The number of hydrogen-bond donors (Lipinski definition) is 0. The molecule has 0 aliphatic carbocycles. The van der Waals surface area contributed by atoms with Crippen LogP contribution in [0.4, 0.5) is 10.1 Å². The van der Waals surface area contributed by atoms with E-state index in [0.717, 1.165) is 6.07 Å². The lowest BCUT2D eigenvalue weighted by molar-refractivity contribution is -0.387. The first-order valence-corrected chi connectivity index (χ1v) is 11.8. The van der Waals surface area contributed by atoms with Crippen LogP contribution in [0.1, 0.15) is 60.1 Å². The van der Waals surface area contributed by atoms with Crippen molar-refractivity contribution in [3.05, 3.63) is 39.8 Å². The maximum atomic E-state index is 14.6. The van der Waals surface area contributed by atoms with E-state index in [1.54, 1.807) is 6.07 Å². The minimum Gasteiger partial charge on any atom is -0.348 e. The van der Waals surface area contributed by atoms with Crippen LogP contribution >= 0.6 is 0 Å². The van der Waals surface area contributed by atoms with E-state index in [1.165, 1.54) is 6.07 Å². The molecule has 2 aromatic rings. The third-order valence-corrected chi connectivity index (χ3v) is 6.72. The highest BCUT2D eigenvalue weighted by Gasteiger charge is 2.39. The Morgan fingerprint density at radius 3 is 2.26 bits per heavy atom. The quantitative estimate of drug-likeness (QED) is 0.391. The Bertz CT molecular complexity index is 1150. The number of aromatic nitrogens is 1. The van der Waals surface area contributed by atoms with Gasteiger partial charge in [-0.05, 0) is 54.0 Å². The maximum Gasteiger partial charge on any atom is 0.305 e. The number of nitrogens with zero attached hydrogens (tertiary/aromatic N) is 2. The van der Waals surface area contributed by atoms with Crippen molar-refractivity contribution in [2.75, 3.05) is 13.2 Å². The lowest BCUT2D eigenvalue weighted by Gasteiger charge is -2.27. The fourth-order valence-corrected chi connectivity index (χ4v) is 4.84. The summed E-state index contributed by atoms with van der Waals surface area (Å²) in [5.41, 5.74) is -0.456. The van der Waals surface area contributed by atoms with Gasteiger partial charge < -0.3 is 23.5 Å². The molecule has 192 valence electrons. The number of nitro groups is 1. The summed E-state index contributed by atoms with van der Waals surface area (Å²) in [4.78, 5) is 24.0. The highest BCUT2D eigenvalue weighted by atomic mass is 19.1. The van der Waals surface area contributed by atoms with Gasteiger partial charge in [-0.15, -0.1) is 0 Å². The highest BCUT2D eigenvalue weighted by Crippen LogP contribution is 2.36. The SMILES string of the molecule is CC1(C)OC[C@@H](CCC(=O)C(C)(C)c2cc3cc([N+](=O)[O-])c(F)cc3n2C[C@@H]2COC(C)(C)O2)O1. The van der Waals surface area contributed by atoms with Crippen LogP contribution in [0, 0.1) is 15.9 Å². The van der Waals surface area contributed by atoms with Crippen LogP contribution in [-0.4, -0.2) is 52.3 Å². The van der Waals surface area contributed by atoms with Crippen molar-refractivity contribution in [3.8, 4) is 0 Å². The number of rotatable bonds is 8. The molecule has 9 nitrogen and oxygen atoms in total. The van der Waals surface area contributed by atoms with Crippen molar-refractivity contribution < 1.29 is 33.1 Å². The van der Waals surface area contributed by atoms with Gasteiger partial charge in [-0.2, -0.15) is 4.39 Å². The van der Waals surface area contributed by atoms with Crippen molar-refractivity contribution in [1.82, 2.24) is 4.57 Å². The second kappa shape index (κ2) is 8.92. The number of nitro benzene ring substituents is 1. The molecule has 2 aliphatic rings. The normalized spacial score (nSPS) is 23.7. The van der Waals surface area contributed by atoms with Crippen molar-refractivity contribution in [3.63, 3.8) is 0 Å². The van der Waals surface area contributed by atoms with Gasteiger partial charge in [-0.1, -0.05) is 0 Å². The zero-order valence-corrected chi connectivity index (χ0v) is 21.1. The Kier molecular flexibility index (Phi) is 6.54. The summed E-state index contributed by atoms with van der Waals surface area (Å²) in [6, 6.07) is 4.11. The molecule has 3 heterocycles. The Morgan fingerprint density at radius 2 is 1.71 bits per heavy atom. The maximum absolute atomic E-state index is 14.6. The molecule has 1 aromatic carbocycles. The summed E-state index contributed by atoms with van der Waals surface area (Å²) in [6.07, 6.45) is 0.289. The molecule has 0 spiro atoms. The fourth-order valence-electron chi connectivity index (χ4n) is 4.84. The van der Waals surface area contributed by atoms with Gasteiger partial charge in [0, 0.05) is 29.6 Å². The van der Waals surface area contributed by atoms with Gasteiger partial charge in [0.1, 0.15) is 11.9 Å². The number of halogens is 1. The Morgan fingerprint density at radius 1 is 1.11 bits per heavy atom. The predicted octanol–water partition coefficient (Wildman–Crippen LogP) is 4.62. The molecule has 2 fully saturated rings. The smallest absolute Gasteiger partial charge is 0.305 e. The van der Waals surface area contributed by atoms with Gasteiger partial charge in [0.15, 0.2) is 11.6 Å². The van der Waals surface area contributed by atoms with Gasteiger partial charge in [0.05, 0.1) is 41.7 Å². The second-order valence-corrected chi connectivity index (χ2v) is 10.7. The molecule has 2 saturated heterocycles. The zero-order chi connectivity index (χ0) is 25.8. The lowest BCUT2D eigenvalue weighted by Crippen LogP contribution is -2.34. The number of carbonyl (C=O) groups excluding carboxylic acids is 1. The second-order valence-electron chi connectivity index (χ2n) is 10.7. The summed E-state index contributed by atoms with van der Waals surface area (Å²) in [5.74, 6) is -2.36. The Balaban J connectivity index is 1.67. The van der Waals surface area contributed by atoms with Crippen molar-refractivity contribution >= 4 is 22.4 Å². The van der Waals surface area contributed by atoms with Gasteiger partial charge >= 0.3 is 5.69 Å². The van der Waals surface area contributed by atoms with Crippen molar-refractivity contribution in [1.29, 1.82) is 0 Å². The third kappa shape index (κ3) is 5.25. The molecule has 4 rings (SSSR count). The molecule has 0 bridgehead atoms. The number of benzene rings is 1. The van der Waals surface area contributed by atoms with Crippen LogP contribution in [0.3, 0.4) is 0 Å². The monoisotopic (exact) mass is 492 g/mol. The molecular weight excluding hydrogens is 459 g/mol. The summed E-state index contributed by atoms with van der Waals surface area (Å²) in [7, 11) is 0. The molecule has 0 saturated carbocycles. The van der Waals surface area contributed by atoms with E-state index in [0.29, 0.717) is 42.8 Å². The highest BCUT2D eigenvalue weighted by molar-refractivity contribution is 5.92. The van der Waals surface area contributed by atoms with E-state index in [1.807, 2.05) is 46.1 Å². The molecule has 2 atom stereocenters. The first kappa shape index (κ1) is 25.7. The number of fused-ring (bicyclic) bond motifs is 1. The summed E-state index contributed by atoms with van der Waals surface area (Å²) >= 11 is 0. The van der Waals surface area contributed by atoms with Crippen LogP contribution in [0.25, 0.3) is 10.9 Å². The van der Waals surface area contributed by atoms with Crippen molar-refractivity contribution in [2.24, 2.45) is 0 Å². The van der Waals surface area contributed by atoms with Crippen LogP contribution < -0.4 is 0 Å². The van der Waals surface area contributed by atoms with Crippen LogP contribution in [0.5, 0.6) is 0 Å².